The second-order valence-corrected chi connectivity index (χ2v) is 16.5. The number of nitrogens with one attached hydrogen (secondary N) is 1. The lowest BCUT2D eigenvalue weighted by Gasteiger charge is -2.49. The molecule has 0 aromatic heterocycles. The van der Waals surface area contributed by atoms with Crippen LogP contribution in [0.1, 0.15) is 98.3 Å². The molecule has 5 aliphatic carbocycles. The minimum absolute atomic E-state index is 0.0194. The SMILES string of the molecule is C=C(C(=O)NCCN1CC(C)CC2OC3(CCC4C5CCC6=CCCCC6(C)C5CC45CC5(C)C3)[C@H](C)C21)N(C)C=O. The van der Waals surface area contributed by atoms with Crippen molar-refractivity contribution in [3.8, 4) is 0 Å². The van der Waals surface area contributed by atoms with Gasteiger partial charge in [-0.05, 0) is 111 Å². The van der Waals surface area contributed by atoms with Gasteiger partial charge < -0.3 is 15.0 Å². The number of amides is 2. The Balaban J connectivity index is 1.08. The lowest BCUT2D eigenvalue weighted by molar-refractivity contribution is -0.123. The fourth-order valence-corrected chi connectivity index (χ4v) is 12.4. The van der Waals surface area contributed by atoms with Gasteiger partial charge in [0.25, 0.3) is 5.91 Å². The molecule has 10 unspecified atom stereocenters. The lowest BCUT2D eigenvalue weighted by Crippen LogP contribution is -2.53. The topological polar surface area (TPSA) is 61.9 Å². The monoisotopic (exact) mass is 577 g/mol. The van der Waals surface area contributed by atoms with Gasteiger partial charge in [-0.3, -0.25) is 14.5 Å². The van der Waals surface area contributed by atoms with E-state index in [1.807, 2.05) is 5.57 Å². The molecule has 2 heterocycles. The van der Waals surface area contributed by atoms with Crippen molar-refractivity contribution in [3.63, 3.8) is 0 Å². The molecule has 2 spiro atoms. The van der Waals surface area contributed by atoms with E-state index in [4.69, 9.17) is 4.74 Å². The quantitative estimate of drug-likeness (QED) is 0.241. The van der Waals surface area contributed by atoms with Crippen LogP contribution in [0.15, 0.2) is 23.9 Å². The first-order chi connectivity index (χ1) is 20.0. The highest BCUT2D eigenvalue weighted by Crippen LogP contribution is 2.83. The molecule has 6 nitrogen and oxygen atoms in total. The predicted molar refractivity (Wildman–Crippen MR) is 165 cm³/mol. The van der Waals surface area contributed by atoms with E-state index < -0.39 is 0 Å². The molecule has 7 aliphatic rings. The van der Waals surface area contributed by atoms with E-state index in [9.17, 15) is 9.59 Å². The van der Waals surface area contributed by atoms with E-state index in [1.165, 1.54) is 69.1 Å². The summed E-state index contributed by atoms with van der Waals surface area (Å²) in [5.74, 6) is 3.49. The molecule has 0 radical (unpaired) electrons. The van der Waals surface area contributed by atoms with Gasteiger partial charge in [-0.1, -0.05) is 45.9 Å². The number of nitrogens with zero attached hydrogens (tertiary/aromatic N) is 2. The van der Waals surface area contributed by atoms with Gasteiger partial charge in [-0.2, -0.15) is 0 Å². The highest BCUT2D eigenvalue weighted by molar-refractivity contribution is 5.94. The molecule has 42 heavy (non-hydrogen) atoms. The van der Waals surface area contributed by atoms with E-state index in [0.717, 1.165) is 37.3 Å². The van der Waals surface area contributed by atoms with Crippen LogP contribution in [0.4, 0.5) is 0 Å². The van der Waals surface area contributed by atoms with Crippen LogP contribution < -0.4 is 5.32 Å². The van der Waals surface area contributed by atoms with E-state index in [-0.39, 0.29) is 23.3 Å². The number of carbonyl (C=O) groups is 2. The molecule has 0 aromatic carbocycles. The van der Waals surface area contributed by atoms with Crippen molar-refractivity contribution in [3.05, 3.63) is 23.9 Å². The first-order valence-corrected chi connectivity index (χ1v) is 17.2. The maximum atomic E-state index is 12.5. The summed E-state index contributed by atoms with van der Waals surface area (Å²) >= 11 is 0. The highest BCUT2D eigenvalue weighted by atomic mass is 16.5. The molecular formula is C36H55N3O3. The molecule has 6 heteroatoms. The largest absolute Gasteiger partial charge is 0.370 e. The molecule has 232 valence electrons. The van der Waals surface area contributed by atoms with Gasteiger partial charge in [0.05, 0.1) is 11.7 Å². The molecule has 0 aromatic rings. The summed E-state index contributed by atoms with van der Waals surface area (Å²) in [6, 6.07) is 0.409. The first kappa shape index (κ1) is 29.1. The normalized spacial score (nSPS) is 49.0. The fourth-order valence-electron chi connectivity index (χ4n) is 12.4. The van der Waals surface area contributed by atoms with Gasteiger partial charge in [0.2, 0.25) is 6.41 Å². The van der Waals surface area contributed by atoms with E-state index in [1.54, 1.807) is 7.05 Å². The standard InChI is InChI=1S/C36H55N3O3/c1-23-17-30-31(39(19-23)16-15-37-32(41)25(3)38(6)22-40)24(2)36(42-30)14-12-28-27-11-10-26-9-7-8-13-34(26,5)29(27)18-35(28)20-33(35,4)21-36/h9,22-24,27-31H,3,7-8,10-21H2,1-2,4-6H3,(H,37,41)/t23?,24-,27?,28?,29?,30?,31?,33?,34?,35?,36?/m1/s1. The van der Waals surface area contributed by atoms with Gasteiger partial charge in [-0.15, -0.1) is 0 Å². The van der Waals surface area contributed by atoms with Gasteiger partial charge in [0.15, 0.2) is 0 Å². The van der Waals surface area contributed by atoms with Crippen LogP contribution in [0.5, 0.6) is 0 Å². The third-order valence-corrected chi connectivity index (χ3v) is 14.5. The summed E-state index contributed by atoms with van der Waals surface area (Å²) in [6.45, 7) is 16.3. The number of piperidine rings is 1. The number of hydrogen-bond donors (Lipinski definition) is 1. The van der Waals surface area contributed by atoms with Crippen LogP contribution >= 0.6 is 0 Å². The smallest absolute Gasteiger partial charge is 0.267 e. The average Bonchev–Trinajstić information content (AvgIpc) is 3.26. The number of likely N-dealkylation sites (N-methyl/N-ethyl adjacent to an activating group) is 1. The van der Waals surface area contributed by atoms with Crippen LogP contribution in [-0.4, -0.2) is 66.5 Å². The van der Waals surface area contributed by atoms with E-state index in [0.29, 0.717) is 47.1 Å². The van der Waals surface area contributed by atoms with Crippen LogP contribution in [-0.2, 0) is 14.3 Å². The van der Waals surface area contributed by atoms with E-state index in [2.05, 4.69) is 50.6 Å². The Morgan fingerprint density at radius 3 is 2.81 bits per heavy atom. The second kappa shape index (κ2) is 9.92. The molecule has 1 N–H and O–H groups in total. The summed E-state index contributed by atoms with van der Waals surface area (Å²) < 4.78 is 7.37. The van der Waals surface area contributed by atoms with Gasteiger partial charge in [0, 0.05) is 38.6 Å². The Hall–Kier alpha value is -1.66. The van der Waals surface area contributed by atoms with Crippen molar-refractivity contribution in [2.75, 3.05) is 26.7 Å². The van der Waals surface area contributed by atoms with Gasteiger partial charge in [0.1, 0.15) is 5.70 Å². The summed E-state index contributed by atoms with van der Waals surface area (Å²) in [5, 5.41) is 3.01. The lowest BCUT2D eigenvalue weighted by atomic mass is 9.56. The molecule has 2 saturated heterocycles. The van der Waals surface area contributed by atoms with Gasteiger partial charge in [-0.25, -0.2) is 0 Å². The predicted octanol–water partition coefficient (Wildman–Crippen LogP) is 5.93. The summed E-state index contributed by atoms with van der Waals surface area (Å²) in [4.78, 5) is 27.4. The van der Waals surface area contributed by atoms with Crippen LogP contribution in [0.25, 0.3) is 0 Å². The van der Waals surface area contributed by atoms with Crippen molar-refractivity contribution in [1.29, 1.82) is 0 Å². The first-order valence-electron chi connectivity index (χ1n) is 17.2. The van der Waals surface area contributed by atoms with Crippen molar-refractivity contribution >= 4 is 12.3 Å². The van der Waals surface area contributed by atoms with Crippen molar-refractivity contribution in [2.24, 2.45) is 45.8 Å². The third kappa shape index (κ3) is 4.09. The second-order valence-electron chi connectivity index (χ2n) is 16.5. The molecule has 11 atom stereocenters. The van der Waals surface area contributed by atoms with Crippen LogP contribution in [0.3, 0.4) is 0 Å². The third-order valence-electron chi connectivity index (χ3n) is 14.5. The number of fused-ring (bicyclic) bond motifs is 5. The number of allylic oxidation sites excluding steroid dienone is 2. The Labute approximate surface area is 254 Å². The Morgan fingerprint density at radius 1 is 1.21 bits per heavy atom. The summed E-state index contributed by atoms with van der Waals surface area (Å²) in [6.07, 6.45) is 18.3. The Morgan fingerprint density at radius 2 is 2.02 bits per heavy atom. The molecule has 7 rings (SSSR count). The number of hydrogen-bond acceptors (Lipinski definition) is 4. The summed E-state index contributed by atoms with van der Waals surface area (Å²) in [5.41, 5.74) is 3.42. The average molecular weight is 578 g/mol. The Bertz CT molecular complexity index is 1180. The van der Waals surface area contributed by atoms with Crippen LogP contribution in [0, 0.1) is 45.8 Å². The summed E-state index contributed by atoms with van der Waals surface area (Å²) in [7, 11) is 1.56. The zero-order chi connectivity index (χ0) is 29.7. The molecule has 6 fully saturated rings. The maximum Gasteiger partial charge on any atom is 0.267 e. The van der Waals surface area contributed by atoms with Crippen LogP contribution in [0.2, 0.25) is 0 Å². The molecule has 4 saturated carbocycles. The fraction of sp³-hybridized carbons (Fsp3) is 0.833. The zero-order valence-electron chi connectivity index (χ0n) is 26.9. The molecule has 0 bridgehead atoms. The van der Waals surface area contributed by atoms with Crippen molar-refractivity contribution in [1.82, 2.24) is 15.1 Å². The molecule has 2 amide bonds. The minimum atomic E-state index is -0.272. The zero-order valence-corrected chi connectivity index (χ0v) is 26.9. The van der Waals surface area contributed by atoms with Crippen molar-refractivity contribution < 1.29 is 14.3 Å². The van der Waals surface area contributed by atoms with Gasteiger partial charge >= 0.3 is 0 Å². The van der Waals surface area contributed by atoms with Crippen molar-refractivity contribution in [2.45, 2.75) is 116 Å². The Kier molecular flexibility index (Phi) is 6.87. The highest BCUT2D eigenvalue weighted by Gasteiger charge is 2.77. The number of carbonyl (C=O) groups excluding carboxylic acids is 2. The molecular weight excluding hydrogens is 522 g/mol. The maximum absolute atomic E-state index is 12.5. The number of rotatable bonds is 6. The van der Waals surface area contributed by atoms with E-state index >= 15 is 0 Å². The minimum Gasteiger partial charge on any atom is -0.370 e. The molecule has 2 aliphatic heterocycles. The number of ether oxygens (including phenoxy) is 1. The number of likely N-dealkylation sites (tertiary alicyclic amines) is 1.